The highest BCUT2D eigenvalue weighted by atomic mass is 35.5. The van der Waals surface area contributed by atoms with Crippen LogP contribution in [0.3, 0.4) is 0 Å². The van der Waals surface area contributed by atoms with Gasteiger partial charge in [-0.15, -0.1) is 12.4 Å². The summed E-state index contributed by atoms with van der Waals surface area (Å²) in [5.41, 5.74) is 9.95. The highest BCUT2D eigenvalue weighted by Gasteiger charge is 2.61. The fourth-order valence-electron chi connectivity index (χ4n) is 6.72. The third-order valence-electron chi connectivity index (χ3n) is 8.72. The van der Waals surface area contributed by atoms with Gasteiger partial charge in [-0.3, -0.25) is 4.39 Å². The number of carboxylic acid groups (broad SMARTS) is 1. The number of aromatic carboxylic acids is 1. The highest BCUT2D eigenvalue weighted by Crippen LogP contribution is 2.64. The van der Waals surface area contributed by atoms with Crippen LogP contribution in [0.2, 0.25) is 5.02 Å². The first-order chi connectivity index (χ1) is 18.4. The van der Waals surface area contributed by atoms with Gasteiger partial charge in [0.25, 0.3) is 0 Å². The Morgan fingerprint density at radius 3 is 2.49 bits per heavy atom. The van der Waals surface area contributed by atoms with Crippen molar-refractivity contribution >= 4 is 41.1 Å². The van der Waals surface area contributed by atoms with Crippen molar-refractivity contribution in [1.82, 2.24) is 4.90 Å². The predicted molar refractivity (Wildman–Crippen MR) is 159 cm³/mol. The van der Waals surface area contributed by atoms with E-state index in [4.69, 9.17) is 11.6 Å². The maximum atomic E-state index is 12.5. The number of allylic oxidation sites excluding steroid dienone is 1. The van der Waals surface area contributed by atoms with E-state index < -0.39 is 5.97 Å². The van der Waals surface area contributed by atoms with Crippen LogP contribution in [0.5, 0.6) is 0 Å². The number of hydrogen-bond acceptors (Lipinski definition) is 2. The van der Waals surface area contributed by atoms with Crippen LogP contribution < -0.4 is 0 Å². The summed E-state index contributed by atoms with van der Waals surface area (Å²) in [7, 11) is 0. The number of halogens is 3. The SMILES string of the molecule is Cc1ccc(C2=C(c3ccc(C4CC45CN(CCCF)C5)cc3)c3ccc(C(=O)O)cc3CCC2)c(Cl)c1.Cl. The van der Waals surface area contributed by atoms with Crippen LogP contribution >= 0.6 is 24.0 Å². The molecule has 1 saturated carbocycles. The molecule has 1 N–H and O–H groups in total. The molecule has 39 heavy (non-hydrogen) atoms. The van der Waals surface area contributed by atoms with Crippen molar-refractivity contribution in [2.45, 2.75) is 44.9 Å². The number of fused-ring (bicyclic) bond motifs is 1. The van der Waals surface area contributed by atoms with Gasteiger partial charge in [0.05, 0.1) is 12.2 Å². The van der Waals surface area contributed by atoms with Crippen molar-refractivity contribution in [1.29, 1.82) is 0 Å². The smallest absolute Gasteiger partial charge is 0.335 e. The average molecular weight is 567 g/mol. The number of alkyl halides is 1. The third-order valence-corrected chi connectivity index (χ3v) is 9.04. The molecule has 0 radical (unpaired) electrons. The van der Waals surface area contributed by atoms with Gasteiger partial charge in [-0.1, -0.05) is 54.1 Å². The molecule has 204 valence electrons. The van der Waals surface area contributed by atoms with Crippen LogP contribution in [0.1, 0.15) is 75.3 Å². The fourth-order valence-corrected chi connectivity index (χ4v) is 7.07. The van der Waals surface area contributed by atoms with Crippen molar-refractivity contribution < 1.29 is 14.3 Å². The first kappa shape index (κ1) is 27.9. The number of aryl methyl sites for hydroxylation is 2. The Balaban J connectivity index is 0.00000308. The van der Waals surface area contributed by atoms with Gasteiger partial charge in [-0.2, -0.15) is 0 Å². The monoisotopic (exact) mass is 565 g/mol. The molecule has 1 spiro atoms. The Kier molecular flexibility index (Phi) is 7.92. The van der Waals surface area contributed by atoms with Gasteiger partial charge >= 0.3 is 5.97 Å². The molecule has 6 heteroatoms. The van der Waals surface area contributed by atoms with Gasteiger partial charge in [0.1, 0.15) is 0 Å². The quantitative estimate of drug-likeness (QED) is 0.313. The highest BCUT2D eigenvalue weighted by molar-refractivity contribution is 6.32. The molecule has 0 bridgehead atoms. The minimum Gasteiger partial charge on any atom is -0.478 e. The lowest BCUT2D eigenvalue weighted by Crippen LogP contribution is -2.49. The molecular weight excluding hydrogens is 532 g/mol. The largest absolute Gasteiger partial charge is 0.478 e. The van der Waals surface area contributed by atoms with Crippen LogP contribution in [0.15, 0.2) is 60.7 Å². The Labute approximate surface area is 241 Å². The molecule has 1 atom stereocenters. The third kappa shape index (κ3) is 5.27. The summed E-state index contributed by atoms with van der Waals surface area (Å²) in [6.45, 7) is 4.85. The van der Waals surface area contributed by atoms with Crippen LogP contribution in [0, 0.1) is 12.3 Å². The van der Waals surface area contributed by atoms with Crippen molar-refractivity contribution in [3.05, 3.63) is 105 Å². The Morgan fingerprint density at radius 1 is 1.05 bits per heavy atom. The van der Waals surface area contributed by atoms with E-state index in [1.54, 1.807) is 6.07 Å². The summed E-state index contributed by atoms with van der Waals surface area (Å²) in [4.78, 5) is 14.1. The molecule has 3 aromatic carbocycles. The normalized spacial score (nSPS) is 19.6. The minimum absolute atomic E-state index is 0. The van der Waals surface area contributed by atoms with Crippen molar-refractivity contribution in [3.8, 4) is 0 Å². The number of hydrogen-bond donors (Lipinski definition) is 1. The fraction of sp³-hybridized carbons (Fsp3) is 0.364. The van der Waals surface area contributed by atoms with Crippen molar-refractivity contribution in [3.63, 3.8) is 0 Å². The van der Waals surface area contributed by atoms with E-state index in [1.165, 1.54) is 17.6 Å². The number of carbonyl (C=O) groups is 1. The average Bonchev–Trinajstić information content (AvgIpc) is 3.65. The maximum absolute atomic E-state index is 12.5. The second kappa shape index (κ2) is 11.1. The molecular formula is C33H34Cl2FNO2. The zero-order valence-electron chi connectivity index (χ0n) is 22.2. The molecule has 1 saturated heterocycles. The van der Waals surface area contributed by atoms with Crippen LogP contribution in [-0.4, -0.2) is 42.3 Å². The second-order valence-electron chi connectivity index (χ2n) is 11.4. The lowest BCUT2D eigenvalue weighted by molar-refractivity contribution is 0.0696. The van der Waals surface area contributed by atoms with Crippen molar-refractivity contribution in [2.75, 3.05) is 26.3 Å². The molecule has 2 fully saturated rings. The molecule has 6 rings (SSSR count). The van der Waals surface area contributed by atoms with Gasteiger partial charge in [-0.05, 0) is 108 Å². The van der Waals surface area contributed by atoms with Crippen LogP contribution in [0.25, 0.3) is 11.1 Å². The van der Waals surface area contributed by atoms with E-state index in [2.05, 4.69) is 41.3 Å². The molecule has 2 aliphatic carbocycles. The van der Waals surface area contributed by atoms with Crippen LogP contribution in [-0.2, 0) is 6.42 Å². The number of nitrogens with zero attached hydrogens (tertiary/aromatic N) is 1. The van der Waals surface area contributed by atoms with Gasteiger partial charge < -0.3 is 10.0 Å². The Hall–Kier alpha value is -2.66. The zero-order chi connectivity index (χ0) is 26.4. The van der Waals surface area contributed by atoms with Gasteiger partial charge in [0.2, 0.25) is 0 Å². The van der Waals surface area contributed by atoms with Crippen molar-refractivity contribution in [2.24, 2.45) is 5.41 Å². The molecule has 1 aliphatic heterocycles. The molecule has 1 heterocycles. The van der Waals surface area contributed by atoms with Gasteiger partial charge in [-0.25, -0.2) is 4.79 Å². The van der Waals surface area contributed by atoms with E-state index in [0.717, 1.165) is 77.3 Å². The van der Waals surface area contributed by atoms with E-state index in [9.17, 15) is 14.3 Å². The van der Waals surface area contributed by atoms with E-state index >= 15 is 0 Å². The lowest BCUT2D eigenvalue weighted by atomic mass is 9.86. The zero-order valence-corrected chi connectivity index (χ0v) is 23.8. The Bertz CT molecular complexity index is 1430. The molecule has 3 nitrogen and oxygen atoms in total. The van der Waals surface area contributed by atoms with Gasteiger partial charge in [0.15, 0.2) is 0 Å². The number of likely N-dealkylation sites (tertiary alicyclic amines) is 1. The number of carboxylic acids is 1. The minimum atomic E-state index is -0.897. The summed E-state index contributed by atoms with van der Waals surface area (Å²) >= 11 is 6.80. The predicted octanol–water partition coefficient (Wildman–Crippen LogP) is 8.21. The topological polar surface area (TPSA) is 40.5 Å². The van der Waals surface area contributed by atoms with Gasteiger partial charge in [0, 0.05) is 30.1 Å². The summed E-state index contributed by atoms with van der Waals surface area (Å²) in [5.74, 6) is -0.316. The number of rotatable bonds is 7. The standard InChI is InChI=1S/C33H33ClFNO2.ClH/c1-21-6-12-27(30(34)16-21)28-5-2-4-24-17-25(32(37)38)11-13-26(24)31(28)23-9-7-22(8-10-23)29-18-33(29)19-36(20-33)15-3-14-35;/h6-13,16-17,29H,2-5,14-15,18-20H2,1H3,(H,37,38);1H. The first-order valence-electron chi connectivity index (χ1n) is 13.6. The van der Waals surface area contributed by atoms with E-state index in [-0.39, 0.29) is 19.1 Å². The first-order valence-corrected chi connectivity index (χ1v) is 14.0. The van der Waals surface area contributed by atoms with E-state index in [1.807, 2.05) is 25.1 Å². The molecule has 3 aliphatic rings. The molecule has 1 unspecified atom stereocenters. The number of benzene rings is 3. The summed E-state index contributed by atoms with van der Waals surface area (Å²) in [6, 6.07) is 20.8. The molecule has 0 aromatic heterocycles. The summed E-state index contributed by atoms with van der Waals surface area (Å²) < 4.78 is 12.5. The summed E-state index contributed by atoms with van der Waals surface area (Å²) in [5, 5.41) is 10.3. The second-order valence-corrected chi connectivity index (χ2v) is 11.8. The summed E-state index contributed by atoms with van der Waals surface area (Å²) in [6.07, 6.45) is 4.48. The lowest BCUT2D eigenvalue weighted by Gasteiger charge is -2.41. The maximum Gasteiger partial charge on any atom is 0.335 e. The molecule has 0 amide bonds. The Morgan fingerprint density at radius 2 is 1.79 bits per heavy atom. The van der Waals surface area contributed by atoms with Crippen LogP contribution in [0.4, 0.5) is 4.39 Å². The van der Waals surface area contributed by atoms with E-state index in [0.29, 0.717) is 23.3 Å². The molecule has 3 aromatic rings.